The van der Waals surface area contributed by atoms with Crippen molar-refractivity contribution in [3.8, 4) is 0 Å². The van der Waals surface area contributed by atoms with E-state index in [2.05, 4.69) is 58.3 Å². The summed E-state index contributed by atoms with van der Waals surface area (Å²) in [6.07, 6.45) is 0. The molecule has 0 spiro atoms. The van der Waals surface area contributed by atoms with Gasteiger partial charge in [0, 0.05) is 17.5 Å². The van der Waals surface area contributed by atoms with Crippen LogP contribution >= 0.6 is 11.3 Å². The van der Waals surface area contributed by atoms with Gasteiger partial charge in [-0.15, -0.1) is 0 Å². The average Bonchev–Trinajstić information content (AvgIpc) is 2.89. The second-order valence-corrected chi connectivity index (χ2v) is 6.53. The van der Waals surface area contributed by atoms with Gasteiger partial charge in [0.2, 0.25) is 0 Å². The summed E-state index contributed by atoms with van der Waals surface area (Å²) in [6.45, 7) is 8.95. The molecule has 20 heavy (non-hydrogen) atoms. The van der Waals surface area contributed by atoms with E-state index in [-0.39, 0.29) is 5.41 Å². The van der Waals surface area contributed by atoms with Crippen molar-refractivity contribution in [2.45, 2.75) is 39.7 Å². The van der Waals surface area contributed by atoms with Gasteiger partial charge in [-0.2, -0.15) is 11.3 Å². The Morgan fingerprint density at radius 1 is 1.25 bits per heavy atom. The van der Waals surface area contributed by atoms with Crippen LogP contribution in [0, 0.1) is 6.92 Å². The highest BCUT2D eigenvalue weighted by Crippen LogP contribution is 2.26. The molecule has 0 aliphatic carbocycles. The Morgan fingerprint density at radius 3 is 2.50 bits per heavy atom. The molecule has 0 bridgehead atoms. The fourth-order valence-electron chi connectivity index (χ4n) is 1.74. The molecule has 108 valence electrons. The predicted molar refractivity (Wildman–Crippen MR) is 84.9 cm³/mol. The van der Waals surface area contributed by atoms with Gasteiger partial charge in [0.05, 0.1) is 0 Å². The number of hydrazine groups is 1. The highest BCUT2D eigenvalue weighted by atomic mass is 32.1. The third kappa shape index (κ3) is 3.26. The lowest BCUT2D eigenvalue weighted by atomic mass is 9.95. The molecule has 0 saturated heterocycles. The van der Waals surface area contributed by atoms with E-state index in [9.17, 15) is 0 Å². The Bertz CT molecular complexity index is 572. The number of nitrogens with zero attached hydrogens (tertiary/aromatic N) is 2. The number of anilines is 2. The van der Waals surface area contributed by atoms with Crippen molar-refractivity contribution < 1.29 is 0 Å². The summed E-state index contributed by atoms with van der Waals surface area (Å²) < 4.78 is 0. The van der Waals surface area contributed by atoms with Gasteiger partial charge in [0.25, 0.3) is 0 Å². The number of nitrogens with one attached hydrogen (secondary N) is 2. The van der Waals surface area contributed by atoms with Gasteiger partial charge < -0.3 is 10.7 Å². The van der Waals surface area contributed by atoms with Crippen molar-refractivity contribution in [3.63, 3.8) is 0 Å². The van der Waals surface area contributed by atoms with Crippen molar-refractivity contribution >= 4 is 23.0 Å². The summed E-state index contributed by atoms with van der Waals surface area (Å²) in [5.41, 5.74) is 4.70. The summed E-state index contributed by atoms with van der Waals surface area (Å²) in [5, 5.41) is 7.55. The Kier molecular flexibility index (Phi) is 4.25. The maximum atomic E-state index is 5.56. The van der Waals surface area contributed by atoms with Crippen LogP contribution in [0.5, 0.6) is 0 Å². The summed E-state index contributed by atoms with van der Waals surface area (Å²) in [5.74, 6) is 7.81. The number of rotatable bonds is 4. The Labute approximate surface area is 123 Å². The van der Waals surface area contributed by atoms with Gasteiger partial charge in [0.15, 0.2) is 0 Å². The number of nitrogen functional groups attached to an aromatic ring is 1. The van der Waals surface area contributed by atoms with Crippen molar-refractivity contribution in [1.82, 2.24) is 9.97 Å². The fraction of sp³-hybridized carbons (Fsp3) is 0.429. The van der Waals surface area contributed by atoms with Gasteiger partial charge in [-0.25, -0.2) is 15.8 Å². The van der Waals surface area contributed by atoms with Gasteiger partial charge in [0.1, 0.15) is 17.5 Å². The van der Waals surface area contributed by atoms with E-state index >= 15 is 0 Å². The highest BCUT2D eigenvalue weighted by molar-refractivity contribution is 7.07. The normalized spacial score (nSPS) is 11.4. The van der Waals surface area contributed by atoms with Gasteiger partial charge in [-0.3, -0.25) is 0 Å². The number of hydrogen-bond acceptors (Lipinski definition) is 6. The summed E-state index contributed by atoms with van der Waals surface area (Å²) in [4.78, 5) is 9.12. The lowest BCUT2D eigenvalue weighted by Gasteiger charge is -2.20. The minimum atomic E-state index is -0.127. The summed E-state index contributed by atoms with van der Waals surface area (Å²) >= 11 is 1.69. The molecule has 0 unspecified atom stereocenters. The molecule has 4 N–H and O–H groups in total. The van der Waals surface area contributed by atoms with Crippen LogP contribution in [0.2, 0.25) is 0 Å². The lowest BCUT2D eigenvalue weighted by molar-refractivity contribution is 0.546. The molecule has 0 atom stereocenters. The maximum absolute atomic E-state index is 5.56. The quantitative estimate of drug-likeness (QED) is 0.596. The summed E-state index contributed by atoms with van der Waals surface area (Å²) in [6, 6.07) is 2.10. The molecule has 6 heteroatoms. The predicted octanol–water partition coefficient (Wildman–Crippen LogP) is 3.04. The van der Waals surface area contributed by atoms with Gasteiger partial charge >= 0.3 is 0 Å². The number of thiophene rings is 1. The molecule has 2 rings (SSSR count). The van der Waals surface area contributed by atoms with Crippen molar-refractivity contribution in [1.29, 1.82) is 0 Å². The first kappa shape index (κ1) is 14.7. The second-order valence-electron chi connectivity index (χ2n) is 5.75. The maximum Gasteiger partial charge on any atom is 0.148 e. The minimum Gasteiger partial charge on any atom is -0.366 e. The smallest absolute Gasteiger partial charge is 0.148 e. The van der Waals surface area contributed by atoms with Crippen molar-refractivity contribution in [2.75, 3.05) is 10.7 Å². The van der Waals surface area contributed by atoms with Gasteiger partial charge in [-0.1, -0.05) is 20.8 Å². The third-order valence-electron chi connectivity index (χ3n) is 2.99. The van der Waals surface area contributed by atoms with E-state index in [0.717, 1.165) is 23.8 Å². The number of aromatic nitrogens is 2. The monoisotopic (exact) mass is 291 g/mol. The van der Waals surface area contributed by atoms with E-state index in [1.54, 1.807) is 11.3 Å². The largest absolute Gasteiger partial charge is 0.366 e. The molecule has 0 radical (unpaired) electrons. The van der Waals surface area contributed by atoms with Crippen LogP contribution in [0.25, 0.3) is 0 Å². The van der Waals surface area contributed by atoms with Crippen LogP contribution in [0.3, 0.4) is 0 Å². The molecule has 0 aliphatic heterocycles. The zero-order valence-corrected chi connectivity index (χ0v) is 13.1. The highest BCUT2D eigenvalue weighted by Gasteiger charge is 2.20. The van der Waals surface area contributed by atoms with Crippen LogP contribution < -0.4 is 16.6 Å². The molecule has 2 heterocycles. The van der Waals surface area contributed by atoms with Gasteiger partial charge in [-0.05, 0) is 29.3 Å². The molecule has 2 aromatic rings. The average molecular weight is 291 g/mol. The molecule has 0 fully saturated rings. The first-order chi connectivity index (χ1) is 9.41. The fourth-order valence-corrected chi connectivity index (χ4v) is 2.41. The molecule has 2 aromatic heterocycles. The first-order valence-corrected chi connectivity index (χ1v) is 7.47. The van der Waals surface area contributed by atoms with Crippen molar-refractivity contribution in [2.24, 2.45) is 5.84 Å². The van der Waals surface area contributed by atoms with E-state index < -0.39 is 0 Å². The lowest BCUT2D eigenvalue weighted by Crippen LogP contribution is -2.21. The van der Waals surface area contributed by atoms with E-state index in [1.807, 2.05) is 6.92 Å². The third-order valence-corrected chi connectivity index (χ3v) is 3.73. The molecule has 0 aromatic carbocycles. The molecular weight excluding hydrogens is 270 g/mol. The molecular formula is C14H21N5S. The number of hydrogen-bond donors (Lipinski definition) is 3. The first-order valence-electron chi connectivity index (χ1n) is 6.52. The Morgan fingerprint density at radius 2 is 1.95 bits per heavy atom. The zero-order valence-electron chi connectivity index (χ0n) is 12.3. The summed E-state index contributed by atoms with van der Waals surface area (Å²) in [7, 11) is 0. The molecule has 5 nitrogen and oxygen atoms in total. The SMILES string of the molecule is Cc1c(NN)nc(C(C)(C)C)nc1NCc1ccsc1. The second kappa shape index (κ2) is 5.76. The topological polar surface area (TPSA) is 75.9 Å². The Hall–Kier alpha value is -1.66. The molecule has 0 aliphatic rings. The van der Waals surface area contributed by atoms with Crippen molar-refractivity contribution in [3.05, 3.63) is 33.8 Å². The van der Waals surface area contributed by atoms with E-state index in [1.165, 1.54) is 5.56 Å². The standard InChI is InChI=1S/C14H21N5S/c1-9-11(16-7-10-5-6-20-8-10)17-13(14(2,3)4)18-12(9)19-15/h5-6,8H,7,15H2,1-4H3,(H2,16,17,18,19). The van der Waals surface area contributed by atoms with Crippen LogP contribution in [0.15, 0.2) is 16.8 Å². The van der Waals surface area contributed by atoms with Crippen LogP contribution in [-0.2, 0) is 12.0 Å². The van der Waals surface area contributed by atoms with Crippen LogP contribution in [0.4, 0.5) is 11.6 Å². The zero-order chi connectivity index (χ0) is 14.8. The van der Waals surface area contributed by atoms with Crippen LogP contribution in [-0.4, -0.2) is 9.97 Å². The Balaban J connectivity index is 2.30. The number of nitrogens with two attached hydrogens (primary N) is 1. The minimum absolute atomic E-state index is 0.127. The van der Waals surface area contributed by atoms with E-state index in [0.29, 0.717) is 5.82 Å². The molecule has 0 amide bonds. The van der Waals surface area contributed by atoms with E-state index in [4.69, 9.17) is 5.84 Å². The molecule has 0 saturated carbocycles. The van der Waals surface area contributed by atoms with Crippen LogP contribution in [0.1, 0.15) is 37.7 Å².